The van der Waals surface area contributed by atoms with Crippen molar-refractivity contribution in [3.8, 4) is 0 Å². The number of fused-ring (bicyclic) bond motifs is 1. The van der Waals surface area contributed by atoms with Gasteiger partial charge < -0.3 is 9.80 Å². The summed E-state index contributed by atoms with van der Waals surface area (Å²) in [6.07, 6.45) is 1.80. The summed E-state index contributed by atoms with van der Waals surface area (Å²) in [4.78, 5) is 19.0. The molecule has 0 saturated carbocycles. The number of rotatable bonds is 4. The normalized spacial score (nSPS) is 28.8. The van der Waals surface area contributed by atoms with Gasteiger partial charge in [-0.2, -0.15) is 0 Å². The van der Waals surface area contributed by atoms with Crippen LogP contribution in [0.3, 0.4) is 0 Å². The van der Waals surface area contributed by atoms with Gasteiger partial charge in [-0.15, -0.1) is 24.8 Å². The fourth-order valence-corrected chi connectivity index (χ4v) is 5.12. The summed E-state index contributed by atoms with van der Waals surface area (Å²) < 4.78 is 0. The van der Waals surface area contributed by atoms with E-state index in [4.69, 9.17) is 0 Å². The van der Waals surface area contributed by atoms with Crippen LogP contribution in [0.15, 0.2) is 24.3 Å². The Balaban J connectivity index is 0.00000121. The average molecular weight is 400 g/mol. The number of hydrogen-bond acceptors (Lipinski definition) is 3. The van der Waals surface area contributed by atoms with Crippen molar-refractivity contribution in [1.82, 2.24) is 14.7 Å². The number of carbonyl (C=O) groups excluding carboxylic acids is 1. The molecule has 0 spiro atoms. The number of amides is 1. The highest BCUT2D eigenvalue weighted by molar-refractivity contribution is 5.85. The van der Waals surface area contributed by atoms with E-state index in [0.717, 1.165) is 44.3 Å². The van der Waals surface area contributed by atoms with E-state index in [9.17, 15) is 4.79 Å². The van der Waals surface area contributed by atoms with E-state index < -0.39 is 0 Å². The number of halogens is 2. The van der Waals surface area contributed by atoms with E-state index in [2.05, 4.69) is 52.9 Å². The Hall–Kier alpha value is -0.810. The van der Waals surface area contributed by atoms with Gasteiger partial charge in [0.2, 0.25) is 5.91 Å². The van der Waals surface area contributed by atoms with E-state index in [0.29, 0.717) is 11.9 Å². The lowest BCUT2D eigenvalue weighted by atomic mass is 9.88. The second kappa shape index (κ2) is 8.92. The van der Waals surface area contributed by atoms with Crippen molar-refractivity contribution < 1.29 is 4.79 Å². The first-order valence-electron chi connectivity index (χ1n) is 9.39. The topological polar surface area (TPSA) is 26.8 Å². The lowest BCUT2D eigenvalue weighted by Crippen LogP contribution is -2.36. The number of likely N-dealkylation sites (tertiary alicyclic amines) is 3. The smallest absolute Gasteiger partial charge is 0.222 e. The van der Waals surface area contributed by atoms with E-state index >= 15 is 0 Å². The van der Waals surface area contributed by atoms with Crippen LogP contribution in [0.5, 0.6) is 0 Å². The molecule has 0 radical (unpaired) electrons. The van der Waals surface area contributed by atoms with Gasteiger partial charge in [-0.3, -0.25) is 9.69 Å². The Morgan fingerprint density at radius 2 is 1.85 bits per heavy atom. The maximum Gasteiger partial charge on any atom is 0.222 e. The summed E-state index contributed by atoms with van der Waals surface area (Å²) in [6.45, 7) is 8.74. The van der Waals surface area contributed by atoms with Gasteiger partial charge in [-0.1, -0.05) is 24.3 Å². The molecule has 3 heterocycles. The number of benzene rings is 1. The first-order chi connectivity index (χ1) is 11.6. The minimum Gasteiger partial charge on any atom is -0.341 e. The number of carbonyl (C=O) groups is 1. The molecule has 3 atom stereocenters. The Labute approximate surface area is 169 Å². The van der Waals surface area contributed by atoms with Crippen molar-refractivity contribution >= 4 is 30.7 Å². The first-order valence-corrected chi connectivity index (χ1v) is 9.39. The standard InChI is InChI=1S/C20H29N3O.2ClH/c1-15-6-3-4-7-17(15)20-18-14-22(13-16(18)12-21(20)2)10-11-23-9-5-8-19(23)24;;/h3-4,6-7,16,18,20H,5,8-14H2,1-2H3;2*1H/t16-,18+,20+;;/m0../s1. The molecule has 1 amide bonds. The second-order valence-corrected chi connectivity index (χ2v) is 7.91. The SMILES string of the molecule is Cc1ccccc1[C@@H]1[C@@H]2CN(CCN3CCCC3=O)C[C@@H]2CN1C.Cl.Cl. The largest absolute Gasteiger partial charge is 0.341 e. The van der Waals surface area contributed by atoms with Gasteiger partial charge in [-0.05, 0) is 43.4 Å². The van der Waals surface area contributed by atoms with Crippen LogP contribution in [-0.2, 0) is 4.79 Å². The maximum absolute atomic E-state index is 11.8. The molecule has 0 bridgehead atoms. The third-order valence-corrected chi connectivity index (χ3v) is 6.33. The third kappa shape index (κ3) is 4.04. The van der Waals surface area contributed by atoms with Gasteiger partial charge >= 0.3 is 0 Å². The molecule has 1 aromatic carbocycles. The van der Waals surface area contributed by atoms with Crippen LogP contribution >= 0.6 is 24.8 Å². The van der Waals surface area contributed by atoms with Crippen molar-refractivity contribution in [3.05, 3.63) is 35.4 Å². The minimum atomic E-state index is 0. The van der Waals surface area contributed by atoms with Crippen LogP contribution in [0, 0.1) is 18.8 Å². The summed E-state index contributed by atoms with van der Waals surface area (Å²) in [6, 6.07) is 9.41. The molecule has 3 fully saturated rings. The van der Waals surface area contributed by atoms with Gasteiger partial charge in [0.05, 0.1) is 0 Å². The minimum absolute atomic E-state index is 0. The van der Waals surface area contributed by atoms with Gasteiger partial charge in [0.1, 0.15) is 0 Å². The Bertz CT molecular complexity index is 627. The van der Waals surface area contributed by atoms with Gasteiger partial charge in [0.15, 0.2) is 0 Å². The molecule has 0 aliphatic carbocycles. The summed E-state index contributed by atoms with van der Waals surface area (Å²) in [7, 11) is 2.28. The zero-order valence-corrected chi connectivity index (χ0v) is 17.4. The number of nitrogens with zero attached hydrogens (tertiary/aromatic N) is 3. The molecule has 6 heteroatoms. The molecule has 3 aliphatic heterocycles. The fraction of sp³-hybridized carbons (Fsp3) is 0.650. The molecular formula is C20H31Cl2N3O. The van der Waals surface area contributed by atoms with E-state index in [1.165, 1.54) is 30.8 Å². The van der Waals surface area contributed by atoms with Crippen molar-refractivity contribution in [2.45, 2.75) is 25.8 Å². The predicted octanol–water partition coefficient (Wildman–Crippen LogP) is 3.00. The lowest BCUT2D eigenvalue weighted by molar-refractivity contribution is -0.127. The molecule has 4 nitrogen and oxygen atoms in total. The van der Waals surface area contributed by atoms with Crippen LogP contribution in [-0.4, -0.2) is 66.9 Å². The Kier molecular flexibility index (Phi) is 7.37. The lowest BCUT2D eigenvalue weighted by Gasteiger charge is -2.28. The molecule has 26 heavy (non-hydrogen) atoms. The highest BCUT2D eigenvalue weighted by atomic mass is 35.5. The van der Waals surface area contributed by atoms with Crippen LogP contribution in [0.1, 0.15) is 30.0 Å². The van der Waals surface area contributed by atoms with Crippen LogP contribution in [0.25, 0.3) is 0 Å². The fourth-order valence-electron chi connectivity index (χ4n) is 5.12. The maximum atomic E-state index is 11.8. The summed E-state index contributed by atoms with van der Waals surface area (Å²) >= 11 is 0. The first kappa shape index (κ1) is 21.5. The van der Waals surface area contributed by atoms with E-state index in [1.54, 1.807) is 0 Å². The highest BCUT2D eigenvalue weighted by Gasteiger charge is 2.46. The monoisotopic (exact) mass is 399 g/mol. The average Bonchev–Trinajstić information content (AvgIpc) is 3.21. The molecule has 0 unspecified atom stereocenters. The van der Waals surface area contributed by atoms with Crippen LogP contribution in [0.2, 0.25) is 0 Å². The van der Waals surface area contributed by atoms with E-state index in [1.807, 2.05) is 0 Å². The molecular weight excluding hydrogens is 369 g/mol. The molecule has 3 saturated heterocycles. The van der Waals surface area contributed by atoms with Gasteiger partial charge in [0.25, 0.3) is 0 Å². The Morgan fingerprint density at radius 1 is 1.08 bits per heavy atom. The van der Waals surface area contributed by atoms with E-state index in [-0.39, 0.29) is 24.8 Å². The molecule has 4 rings (SSSR count). The zero-order chi connectivity index (χ0) is 16.7. The highest BCUT2D eigenvalue weighted by Crippen LogP contribution is 2.44. The molecule has 1 aromatic rings. The molecule has 0 N–H and O–H groups in total. The number of hydrogen-bond donors (Lipinski definition) is 0. The van der Waals surface area contributed by atoms with Crippen LogP contribution < -0.4 is 0 Å². The summed E-state index contributed by atoms with van der Waals surface area (Å²) in [5.74, 6) is 1.85. The summed E-state index contributed by atoms with van der Waals surface area (Å²) in [5, 5.41) is 0. The van der Waals surface area contributed by atoms with Crippen molar-refractivity contribution in [3.63, 3.8) is 0 Å². The van der Waals surface area contributed by atoms with Crippen molar-refractivity contribution in [2.75, 3.05) is 46.3 Å². The molecule has 146 valence electrons. The van der Waals surface area contributed by atoms with Gasteiger partial charge in [0, 0.05) is 51.7 Å². The van der Waals surface area contributed by atoms with Gasteiger partial charge in [-0.25, -0.2) is 0 Å². The van der Waals surface area contributed by atoms with Crippen molar-refractivity contribution in [2.24, 2.45) is 11.8 Å². The second-order valence-electron chi connectivity index (χ2n) is 7.91. The Morgan fingerprint density at radius 3 is 2.54 bits per heavy atom. The molecule has 0 aromatic heterocycles. The third-order valence-electron chi connectivity index (χ3n) is 6.33. The van der Waals surface area contributed by atoms with Crippen LogP contribution in [0.4, 0.5) is 0 Å². The molecule has 3 aliphatic rings. The van der Waals surface area contributed by atoms with Crippen molar-refractivity contribution in [1.29, 1.82) is 0 Å². The quantitative estimate of drug-likeness (QED) is 0.778. The predicted molar refractivity (Wildman–Crippen MR) is 110 cm³/mol. The zero-order valence-electron chi connectivity index (χ0n) is 15.8. The summed E-state index contributed by atoms with van der Waals surface area (Å²) in [5.41, 5.74) is 2.92. The number of aryl methyl sites for hydroxylation is 1.